The summed E-state index contributed by atoms with van der Waals surface area (Å²) in [5.74, 6) is -0.586. The number of rotatable bonds is 4. The number of nitrogens with zero attached hydrogens (tertiary/aromatic N) is 1. The van der Waals surface area contributed by atoms with Crippen LogP contribution in [0.4, 0.5) is 4.39 Å². The summed E-state index contributed by atoms with van der Waals surface area (Å²) >= 11 is 8.50. The zero-order chi connectivity index (χ0) is 16.4. The molecule has 118 valence electrons. The fourth-order valence-electron chi connectivity index (χ4n) is 2.04. The first-order valence-electron chi connectivity index (χ1n) is 6.81. The molecule has 1 atom stereocenters. The third-order valence-electron chi connectivity index (χ3n) is 3.20. The monoisotopic (exact) mass is 366 g/mol. The van der Waals surface area contributed by atoms with Gasteiger partial charge in [0.25, 0.3) is 5.91 Å². The van der Waals surface area contributed by atoms with Gasteiger partial charge in [0.15, 0.2) is 0 Å². The van der Waals surface area contributed by atoms with Crippen molar-refractivity contribution in [2.24, 2.45) is 0 Å². The van der Waals surface area contributed by atoms with Gasteiger partial charge >= 0.3 is 0 Å². The summed E-state index contributed by atoms with van der Waals surface area (Å²) in [5, 5.41) is 3.38. The van der Waals surface area contributed by atoms with Gasteiger partial charge in [-0.05, 0) is 31.2 Å². The largest absolute Gasteiger partial charge is 0.344 e. The lowest BCUT2D eigenvalue weighted by atomic mass is 10.2. The standard InChI is InChI=1S/C16H12ClFN2OS2/c1-9(12-6-7-14(17)22-12)20-15(21)13-8-19-16(23-13)10-4-2-3-5-11(10)18/h2-9H,1H3,(H,20,21). The van der Waals surface area contributed by atoms with Crippen molar-refractivity contribution in [3.05, 3.63) is 62.5 Å². The summed E-state index contributed by atoms with van der Waals surface area (Å²) in [5.41, 5.74) is 0.398. The molecule has 0 aliphatic carbocycles. The van der Waals surface area contributed by atoms with Crippen molar-refractivity contribution in [1.29, 1.82) is 0 Å². The highest BCUT2D eigenvalue weighted by atomic mass is 35.5. The summed E-state index contributed by atoms with van der Waals surface area (Å²) in [4.78, 5) is 17.9. The predicted molar refractivity (Wildman–Crippen MR) is 92.7 cm³/mol. The number of hydrogen-bond acceptors (Lipinski definition) is 4. The number of nitrogens with one attached hydrogen (secondary N) is 1. The fourth-order valence-corrected chi connectivity index (χ4v) is 3.95. The molecule has 23 heavy (non-hydrogen) atoms. The van der Waals surface area contributed by atoms with Crippen molar-refractivity contribution in [2.75, 3.05) is 0 Å². The highest BCUT2D eigenvalue weighted by Crippen LogP contribution is 2.29. The molecule has 3 nitrogen and oxygen atoms in total. The molecule has 1 unspecified atom stereocenters. The zero-order valence-electron chi connectivity index (χ0n) is 12.0. The average Bonchev–Trinajstić information content (AvgIpc) is 3.16. The van der Waals surface area contributed by atoms with Crippen LogP contribution >= 0.6 is 34.3 Å². The first-order chi connectivity index (χ1) is 11.0. The van der Waals surface area contributed by atoms with Crippen LogP contribution in [0, 0.1) is 5.82 Å². The van der Waals surface area contributed by atoms with Gasteiger partial charge in [0.05, 0.1) is 16.6 Å². The van der Waals surface area contributed by atoms with E-state index in [9.17, 15) is 9.18 Å². The van der Waals surface area contributed by atoms with E-state index in [2.05, 4.69) is 10.3 Å². The lowest BCUT2D eigenvalue weighted by Crippen LogP contribution is -2.25. The Morgan fingerprint density at radius 3 is 2.74 bits per heavy atom. The van der Waals surface area contributed by atoms with Crippen molar-refractivity contribution >= 4 is 40.2 Å². The highest BCUT2D eigenvalue weighted by Gasteiger charge is 2.17. The molecule has 0 spiro atoms. The first kappa shape index (κ1) is 16.1. The normalized spacial score (nSPS) is 12.1. The lowest BCUT2D eigenvalue weighted by Gasteiger charge is -2.10. The molecule has 0 aliphatic rings. The number of carbonyl (C=O) groups excluding carboxylic acids is 1. The first-order valence-corrected chi connectivity index (χ1v) is 8.82. The van der Waals surface area contributed by atoms with Gasteiger partial charge in [-0.15, -0.1) is 22.7 Å². The van der Waals surface area contributed by atoms with Gasteiger partial charge in [-0.2, -0.15) is 0 Å². The Balaban J connectivity index is 1.75. The SMILES string of the molecule is CC(NC(=O)c1cnc(-c2ccccc2F)s1)c1ccc(Cl)s1. The summed E-state index contributed by atoms with van der Waals surface area (Å²) < 4.78 is 14.5. The summed E-state index contributed by atoms with van der Waals surface area (Å²) in [7, 11) is 0. The average molecular weight is 367 g/mol. The van der Waals surface area contributed by atoms with Gasteiger partial charge < -0.3 is 5.32 Å². The number of carbonyl (C=O) groups is 1. The highest BCUT2D eigenvalue weighted by molar-refractivity contribution is 7.17. The van der Waals surface area contributed by atoms with Crippen LogP contribution in [0.5, 0.6) is 0 Å². The minimum Gasteiger partial charge on any atom is -0.344 e. The third kappa shape index (κ3) is 3.60. The number of halogens is 2. The van der Waals surface area contributed by atoms with Crippen LogP contribution in [-0.4, -0.2) is 10.9 Å². The quantitative estimate of drug-likeness (QED) is 0.693. The van der Waals surface area contributed by atoms with Crippen LogP contribution in [-0.2, 0) is 0 Å². The van der Waals surface area contributed by atoms with Crippen LogP contribution in [0.3, 0.4) is 0 Å². The van der Waals surface area contributed by atoms with E-state index in [1.807, 2.05) is 13.0 Å². The van der Waals surface area contributed by atoms with Gasteiger partial charge in [-0.1, -0.05) is 23.7 Å². The molecule has 2 heterocycles. The second kappa shape index (κ2) is 6.78. The van der Waals surface area contributed by atoms with Crippen LogP contribution < -0.4 is 5.32 Å². The van der Waals surface area contributed by atoms with E-state index in [0.29, 0.717) is 19.8 Å². The number of amides is 1. The Morgan fingerprint density at radius 2 is 2.04 bits per heavy atom. The minimum atomic E-state index is -0.351. The molecule has 0 aliphatic heterocycles. The molecule has 7 heteroatoms. The van der Waals surface area contributed by atoms with Crippen molar-refractivity contribution in [3.63, 3.8) is 0 Å². The van der Waals surface area contributed by atoms with Gasteiger partial charge in [-0.25, -0.2) is 9.37 Å². The Morgan fingerprint density at radius 1 is 1.26 bits per heavy atom. The summed E-state index contributed by atoms with van der Waals surface area (Å²) in [6.07, 6.45) is 1.47. The predicted octanol–water partition coefficient (Wildman–Crippen LogP) is 5.16. The van der Waals surface area contributed by atoms with Crippen molar-refractivity contribution in [3.8, 4) is 10.6 Å². The number of hydrogen-bond donors (Lipinski definition) is 1. The maximum absolute atomic E-state index is 13.8. The van der Waals surface area contributed by atoms with Crippen LogP contribution in [0.1, 0.15) is 27.5 Å². The van der Waals surface area contributed by atoms with E-state index in [1.165, 1.54) is 23.6 Å². The van der Waals surface area contributed by atoms with E-state index >= 15 is 0 Å². The Bertz CT molecular complexity index is 846. The molecule has 3 rings (SSSR count). The number of aromatic nitrogens is 1. The minimum absolute atomic E-state index is 0.154. The van der Waals surface area contributed by atoms with Gasteiger partial charge in [-0.3, -0.25) is 4.79 Å². The molecule has 0 radical (unpaired) electrons. The van der Waals surface area contributed by atoms with E-state index in [-0.39, 0.29) is 17.8 Å². The molecule has 0 fully saturated rings. The summed E-state index contributed by atoms with van der Waals surface area (Å²) in [6, 6.07) is 9.91. The Labute approximate surface area is 145 Å². The fraction of sp³-hybridized carbons (Fsp3) is 0.125. The van der Waals surface area contributed by atoms with E-state index < -0.39 is 0 Å². The van der Waals surface area contributed by atoms with E-state index in [1.54, 1.807) is 24.3 Å². The third-order valence-corrected chi connectivity index (χ3v) is 5.65. The number of benzene rings is 1. The molecule has 1 aromatic carbocycles. The maximum atomic E-state index is 13.8. The van der Waals surface area contributed by atoms with Crippen molar-refractivity contribution in [2.45, 2.75) is 13.0 Å². The topological polar surface area (TPSA) is 42.0 Å². The second-order valence-electron chi connectivity index (χ2n) is 4.85. The molecule has 0 saturated heterocycles. The molecule has 2 aromatic heterocycles. The Hall–Kier alpha value is -1.76. The molecule has 0 bridgehead atoms. The van der Waals surface area contributed by atoms with Crippen LogP contribution in [0.25, 0.3) is 10.6 Å². The molecular weight excluding hydrogens is 355 g/mol. The van der Waals surface area contributed by atoms with Crippen LogP contribution in [0.15, 0.2) is 42.6 Å². The number of thiophene rings is 1. The second-order valence-corrected chi connectivity index (χ2v) is 7.62. The van der Waals surface area contributed by atoms with E-state index in [0.717, 1.165) is 16.2 Å². The van der Waals surface area contributed by atoms with Gasteiger partial charge in [0, 0.05) is 10.4 Å². The molecule has 1 N–H and O–H groups in total. The molecular formula is C16H12ClFN2OS2. The molecule has 0 saturated carbocycles. The van der Waals surface area contributed by atoms with E-state index in [4.69, 9.17) is 11.6 Å². The smallest absolute Gasteiger partial charge is 0.263 e. The molecule has 3 aromatic rings. The maximum Gasteiger partial charge on any atom is 0.263 e. The van der Waals surface area contributed by atoms with Crippen molar-refractivity contribution < 1.29 is 9.18 Å². The van der Waals surface area contributed by atoms with Gasteiger partial charge in [0.2, 0.25) is 0 Å². The van der Waals surface area contributed by atoms with Crippen molar-refractivity contribution in [1.82, 2.24) is 10.3 Å². The molecule has 1 amide bonds. The Kier molecular flexibility index (Phi) is 4.75. The van der Waals surface area contributed by atoms with Crippen LogP contribution in [0.2, 0.25) is 4.34 Å². The lowest BCUT2D eigenvalue weighted by molar-refractivity contribution is 0.0944. The number of thiazole rings is 1. The van der Waals surface area contributed by atoms with Gasteiger partial charge in [0.1, 0.15) is 15.7 Å². The summed E-state index contributed by atoms with van der Waals surface area (Å²) in [6.45, 7) is 1.89. The zero-order valence-corrected chi connectivity index (χ0v) is 14.4.